The monoisotopic (exact) mass is 179 g/mol. The zero-order valence-electron chi connectivity index (χ0n) is 8.29. The molecule has 1 atom stereocenters. The predicted molar refractivity (Wildman–Crippen MR) is 54.6 cm³/mol. The third-order valence-electron chi connectivity index (χ3n) is 2.01. The van der Waals surface area contributed by atoms with E-state index in [9.17, 15) is 0 Å². The Bertz CT molecular complexity index is 243. The molecule has 1 aromatic rings. The van der Waals surface area contributed by atoms with Crippen molar-refractivity contribution in [3.8, 4) is 0 Å². The minimum Gasteiger partial charge on any atom is -0.380 e. The van der Waals surface area contributed by atoms with Crippen molar-refractivity contribution in [2.24, 2.45) is 5.73 Å². The SMILES string of the molecule is CCOCC(N)c1ccc(C)cc1. The number of ether oxygens (including phenoxy) is 1. The number of nitrogens with two attached hydrogens (primary N) is 1. The van der Waals surface area contributed by atoms with E-state index in [0.29, 0.717) is 6.61 Å². The van der Waals surface area contributed by atoms with Gasteiger partial charge in [0.05, 0.1) is 12.6 Å². The molecule has 0 saturated carbocycles. The normalized spacial score (nSPS) is 12.8. The third kappa shape index (κ3) is 3.17. The second-order valence-corrected chi connectivity index (χ2v) is 3.18. The highest BCUT2D eigenvalue weighted by atomic mass is 16.5. The fraction of sp³-hybridized carbons (Fsp3) is 0.455. The van der Waals surface area contributed by atoms with Crippen LogP contribution in [0.15, 0.2) is 24.3 Å². The molecular formula is C11H17NO. The van der Waals surface area contributed by atoms with Gasteiger partial charge in [0.25, 0.3) is 0 Å². The number of aryl methyl sites for hydroxylation is 1. The van der Waals surface area contributed by atoms with Crippen LogP contribution in [0.5, 0.6) is 0 Å². The van der Waals surface area contributed by atoms with Crippen LogP contribution in [-0.4, -0.2) is 13.2 Å². The molecule has 0 radical (unpaired) electrons. The Kier molecular flexibility index (Phi) is 3.93. The molecule has 2 nitrogen and oxygen atoms in total. The highest BCUT2D eigenvalue weighted by Gasteiger charge is 2.04. The topological polar surface area (TPSA) is 35.2 Å². The molecule has 0 fully saturated rings. The maximum absolute atomic E-state index is 5.91. The Morgan fingerprint density at radius 2 is 1.92 bits per heavy atom. The van der Waals surface area contributed by atoms with Gasteiger partial charge in [-0.15, -0.1) is 0 Å². The number of hydrogen-bond donors (Lipinski definition) is 1. The molecule has 2 heteroatoms. The van der Waals surface area contributed by atoms with Gasteiger partial charge in [0.2, 0.25) is 0 Å². The molecule has 0 saturated heterocycles. The molecule has 1 rings (SSSR count). The van der Waals surface area contributed by atoms with Crippen LogP contribution in [-0.2, 0) is 4.74 Å². The molecule has 0 aliphatic carbocycles. The molecule has 1 aromatic carbocycles. The van der Waals surface area contributed by atoms with Crippen LogP contribution in [0.3, 0.4) is 0 Å². The standard InChI is InChI=1S/C11H17NO/c1-3-13-8-11(12)10-6-4-9(2)5-7-10/h4-7,11H,3,8,12H2,1-2H3. The fourth-order valence-electron chi connectivity index (χ4n) is 1.15. The molecule has 0 amide bonds. The van der Waals surface area contributed by atoms with Crippen molar-refractivity contribution < 1.29 is 4.74 Å². The Morgan fingerprint density at radius 1 is 1.31 bits per heavy atom. The van der Waals surface area contributed by atoms with Gasteiger partial charge in [-0.1, -0.05) is 29.8 Å². The van der Waals surface area contributed by atoms with E-state index in [1.54, 1.807) is 0 Å². The van der Waals surface area contributed by atoms with Gasteiger partial charge in [0, 0.05) is 6.61 Å². The van der Waals surface area contributed by atoms with E-state index in [1.807, 2.05) is 6.92 Å². The van der Waals surface area contributed by atoms with Crippen LogP contribution in [0, 0.1) is 6.92 Å². The summed E-state index contributed by atoms with van der Waals surface area (Å²) >= 11 is 0. The first kappa shape index (κ1) is 10.2. The number of benzene rings is 1. The van der Waals surface area contributed by atoms with E-state index in [4.69, 9.17) is 10.5 Å². The lowest BCUT2D eigenvalue weighted by Crippen LogP contribution is -2.16. The third-order valence-corrected chi connectivity index (χ3v) is 2.01. The maximum atomic E-state index is 5.91. The van der Waals surface area contributed by atoms with E-state index in [-0.39, 0.29) is 6.04 Å². The minimum atomic E-state index is 0.000509. The maximum Gasteiger partial charge on any atom is 0.0659 e. The van der Waals surface area contributed by atoms with E-state index in [2.05, 4.69) is 31.2 Å². The van der Waals surface area contributed by atoms with Crippen molar-refractivity contribution in [3.63, 3.8) is 0 Å². The van der Waals surface area contributed by atoms with E-state index in [0.717, 1.165) is 12.2 Å². The van der Waals surface area contributed by atoms with Crippen LogP contribution in [0.2, 0.25) is 0 Å². The van der Waals surface area contributed by atoms with Crippen molar-refractivity contribution in [1.29, 1.82) is 0 Å². The van der Waals surface area contributed by atoms with Gasteiger partial charge in [-0.2, -0.15) is 0 Å². The summed E-state index contributed by atoms with van der Waals surface area (Å²) in [7, 11) is 0. The van der Waals surface area contributed by atoms with Crippen LogP contribution in [0.1, 0.15) is 24.1 Å². The average Bonchev–Trinajstić information content (AvgIpc) is 2.15. The fourth-order valence-corrected chi connectivity index (χ4v) is 1.15. The van der Waals surface area contributed by atoms with Gasteiger partial charge in [0.1, 0.15) is 0 Å². The predicted octanol–water partition coefficient (Wildman–Crippen LogP) is 2.03. The van der Waals surface area contributed by atoms with Gasteiger partial charge in [-0.3, -0.25) is 0 Å². The molecule has 0 bridgehead atoms. The Balaban J connectivity index is 2.55. The lowest BCUT2D eigenvalue weighted by atomic mass is 10.1. The van der Waals surface area contributed by atoms with Crippen molar-refractivity contribution >= 4 is 0 Å². The first-order valence-electron chi connectivity index (χ1n) is 4.64. The Labute approximate surface area is 79.7 Å². The van der Waals surface area contributed by atoms with Crippen molar-refractivity contribution in [2.75, 3.05) is 13.2 Å². The van der Waals surface area contributed by atoms with Crippen LogP contribution in [0.25, 0.3) is 0 Å². The smallest absolute Gasteiger partial charge is 0.0659 e. The molecule has 13 heavy (non-hydrogen) atoms. The van der Waals surface area contributed by atoms with Crippen molar-refractivity contribution in [1.82, 2.24) is 0 Å². The number of rotatable bonds is 4. The summed E-state index contributed by atoms with van der Waals surface area (Å²) in [4.78, 5) is 0. The summed E-state index contributed by atoms with van der Waals surface area (Å²) in [5, 5.41) is 0. The highest BCUT2D eigenvalue weighted by molar-refractivity contribution is 5.23. The van der Waals surface area contributed by atoms with Crippen LogP contribution < -0.4 is 5.73 Å². The molecule has 0 heterocycles. The van der Waals surface area contributed by atoms with Gasteiger partial charge < -0.3 is 10.5 Å². The van der Waals surface area contributed by atoms with Gasteiger partial charge >= 0.3 is 0 Å². The molecule has 0 aliphatic heterocycles. The quantitative estimate of drug-likeness (QED) is 0.767. The Hall–Kier alpha value is -0.860. The van der Waals surface area contributed by atoms with E-state index >= 15 is 0 Å². The molecular weight excluding hydrogens is 162 g/mol. The molecule has 2 N–H and O–H groups in total. The highest BCUT2D eigenvalue weighted by Crippen LogP contribution is 2.11. The molecule has 0 aliphatic rings. The summed E-state index contributed by atoms with van der Waals surface area (Å²) in [5.74, 6) is 0. The molecule has 0 spiro atoms. The van der Waals surface area contributed by atoms with Gasteiger partial charge in [-0.25, -0.2) is 0 Å². The first-order valence-corrected chi connectivity index (χ1v) is 4.64. The molecule has 1 unspecified atom stereocenters. The number of hydrogen-bond acceptors (Lipinski definition) is 2. The summed E-state index contributed by atoms with van der Waals surface area (Å²) in [5.41, 5.74) is 8.30. The second kappa shape index (κ2) is 5.00. The van der Waals surface area contributed by atoms with Crippen molar-refractivity contribution in [3.05, 3.63) is 35.4 Å². The Morgan fingerprint density at radius 3 is 2.46 bits per heavy atom. The van der Waals surface area contributed by atoms with E-state index in [1.165, 1.54) is 5.56 Å². The largest absolute Gasteiger partial charge is 0.380 e. The van der Waals surface area contributed by atoms with Crippen LogP contribution in [0.4, 0.5) is 0 Å². The second-order valence-electron chi connectivity index (χ2n) is 3.18. The summed E-state index contributed by atoms with van der Waals surface area (Å²) in [6.07, 6.45) is 0. The lowest BCUT2D eigenvalue weighted by Gasteiger charge is -2.11. The summed E-state index contributed by atoms with van der Waals surface area (Å²) < 4.78 is 5.25. The lowest BCUT2D eigenvalue weighted by molar-refractivity contribution is 0.133. The van der Waals surface area contributed by atoms with Gasteiger partial charge in [-0.05, 0) is 19.4 Å². The molecule has 72 valence electrons. The summed E-state index contributed by atoms with van der Waals surface area (Å²) in [6.45, 7) is 5.36. The average molecular weight is 179 g/mol. The zero-order chi connectivity index (χ0) is 9.68. The van der Waals surface area contributed by atoms with Gasteiger partial charge in [0.15, 0.2) is 0 Å². The van der Waals surface area contributed by atoms with E-state index < -0.39 is 0 Å². The zero-order valence-corrected chi connectivity index (χ0v) is 8.29. The minimum absolute atomic E-state index is 0.000509. The first-order chi connectivity index (χ1) is 6.24. The molecule has 0 aromatic heterocycles. The summed E-state index contributed by atoms with van der Waals surface area (Å²) in [6, 6.07) is 8.25. The van der Waals surface area contributed by atoms with Crippen molar-refractivity contribution in [2.45, 2.75) is 19.9 Å². The van der Waals surface area contributed by atoms with Crippen LogP contribution >= 0.6 is 0 Å².